The van der Waals surface area contributed by atoms with Crippen LogP contribution >= 0.6 is 0 Å². The summed E-state index contributed by atoms with van der Waals surface area (Å²) in [5.74, 6) is -0.170. The summed E-state index contributed by atoms with van der Waals surface area (Å²) in [7, 11) is 0. The van der Waals surface area contributed by atoms with Gasteiger partial charge in [-0.15, -0.1) is 0 Å². The molecule has 4 heteroatoms. The molecule has 0 radical (unpaired) electrons. The Morgan fingerprint density at radius 1 is 0.862 bits per heavy atom. The molecule has 1 aromatic heterocycles. The molecule has 3 nitrogen and oxygen atoms in total. The first-order valence-electron chi connectivity index (χ1n) is 10.0. The van der Waals surface area contributed by atoms with Gasteiger partial charge in [0.1, 0.15) is 11.9 Å². The van der Waals surface area contributed by atoms with Gasteiger partial charge in [0.25, 0.3) is 0 Å². The second-order valence-electron chi connectivity index (χ2n) is 7.94. The van der Waals surface area contributed by atoms with E-state index in [0.29, 0.717) is 11.1 Å². The Balaban J connectivity index is 2.41. The molecule has 0 saturated heterocycles. The summed E-state index contributed by atoms with van der Waals surface area (Å²) >= 11 is 0. The number of pyridine rings is 1. The highest BCUT2D eigenvalue weighted by molar-refractivity contribution is 5.74. The van der Waals surface area contributed by atoms with Crippen LogP contribution in [0.4, 0.5) is 4.39 Å². The molecule has 3 rings (SSSR count). The molecule has 0 aliphatic rings. The van der Waals surface area contributed by atoms with Crippen molar-refractivity contribution in [3.05, 3.63) is 88.5 Å². The number of aromatic nitrogens is 1. The summed E-state index contributed by atoms with van der Waals surface area (Å²) < 4.78 is 13.6. The molecule has 29 heavy (non-hydrogen) atoms. The molecule has 3 aromatic rings. The van der Waals surface area contributed by atoms with Crippen molar-refractivity contribution in [3.8, 4) is 11.1 Å². The fraction of sp³-hybridized carbons (Fsp3) is 0.320. The third-order valence-electron chi connectivity index (χ3n) is 5.17. The summed E-state index contributed by atoms with van der Waals surface area (Å²) in [6, 6.07) is 15.6. The van der Waals surface area contributed by atoms with E-state index < -0.39 is 6.10 Å². The van der Waals surface area contributed by atoms with Gasteiger partial charge in [-0.1, -0.05) is 70.2 Å². The Hall–Kier alpha value is -2.56. The van der Waals surface area contributed by atoms with Gasteiger partial charge in [-0.3, -0.25) is 4.98 Å². The van der Waals surface area contributed by atoms with Crippen molar-refractivity contribution in [2.24, 2.45) is 0 Å². The fourth-order valence-corrected chi connectivity index (χ4v) is 3.78. The van der Waals surface area contributed by atoms with Gasteiger partial charge in [-0.25, -0.2) is 4.39 Å². The molecule has 0 bridgehead atoms. The maximum Gasteiger partial charge on any atom is 0.123 e. The average molecular weight is 394 g/mol. The molecule has 1 atom stereocenters. The Kier molecular flexibility index (Phi) is 6.46. The first kappa shape index (κ1) is 21.2. The van der Waals surface area contributed by atoms with Crippen molar-refractivity contribution in [2.45, 2.75) is 52.2 Å². The minimum absolute atomic E-state index is 0.0628. The van der Waals surface area contributed by atoms with E-state index in [9.17, 15) is 14.6 Å². The van der Waals surface area contributed by atoms with E-state index in [0.717, 1.165) is 28.1 Å². The zero-order chi connectivity index (χ0) is 21.1. The predicted molar refractivity (Wildman–Crippen MR) is 114 cm³/mol. The van der Waals surface area contributed by atoms with Crippen LogP contribution in [0.25, 0.3) is 11.1 Å². The third-order valence-corrected chi connectivity index (χ3v) is 5.17. The second-order valence-corrected chi connectivity index (χ2v) is 7.94. The number of rotatable bonds is 6. The first-order chi connectivity index (χ1) is 13.8. The van der Waals surface area contributed by atoms with Crippen LogP contribution in [-0.4, -0.2) is 15.2 Å². The highest BCUT2D eigenvalue weighted by Gasteiger charge is 2.28. The van der Waals surface area contributed by atoms with Crippen LogP contribution in [0.1, 0.15) is 73.7 Å². The lowest BCUT2D eigenvalue weighted by Gasteiger charge is -2.27. The van der Waals surface area contributed by atoms with Gasteiger partial charge in [-0.05, 0) is 40.7 Å². The molecule has 0 fully saturated rings. The van der Waals surface area contributed by atoms with E-state index in [-0.39, 0.29) is 24.3 Å². The van der Waals surface area contributed by atoms with Gasteiger partial charge in [0.2, 0.25) is 0 Å². The van der Waals surface area contributed by atoms with E-state index >= 15 is 0 Å². The molecule has 0 amide bonds. The van der Waals surface area contributed by atoms with E-state index in [1.807, 2.05) is 58.0 Å². The third kappa shape index (κ3) is 4.24. The van der Waals surface area contributed by atoms with Crippen LogP contribution in [0.15, 0.2) is 54.6 Å². The maximum atomic E-state index is 13.6. The number of hydrogen-bond donors (Lipinski definition) is 2. The normalized spacial score (nSPS) is 12.6. The molecule has 0 aliphatic carbocycles. The number of hydrogen-bond acceptors (Lipinski definition) is 3. The number of aliphatic hydroxyl groups excluding tert-OH is 2. The summed E-state index contributed by atoms with van der Waals surface area (Å²) in [6.07, 6.45) is -0.910. The topological polar surface area (TPSA) is 53.4 Å². The minimum Gasteiger partial charge on any atom is -0.392 e. The van der Waals surface area contributed by atoms with E-state index in [1.165, 1.54) is 12.1 Å². The lowest BCUT2D eigenvalue weighted by Crippen LogP contribution is -2.15. The standard InChI is InChI=1S/C25H28FNO2/c1-15(2)23-20(14-28)21(17-10-12-19(26)13-11-17)22(24(27-23)16(3)4)25(29)18-8-6-5-7-9-18/h5-13,15-16,25,28-29H,14H2,1-4H3. The molecule has 1 heterocycles. The van der Waals surface area contributed by atoms with Gasteiger partial charge in [-0.2, -0.15) is 0 Å². The van der Waals surface area contributed by atoms with Crippen LogP contribution in [0.2, 0.25) is 0 Å². The van der Waals surface area contributed by atoms with Gasteiger partial charge >= 0.3 is 0 Å². The smallest absolute Gasteiger partial charge is 0.123 e. The van der Waals surface area contributed by atoms with E-state index in [1.54, 1.807) is 12.1 Å². The number of nitrogens with zero attached hydrogens (tertiary/aromatic N) is 1. The van der Waals surface area contributed by atoms with E-state index in [4.69, 9.17) is 4.98 Å². The maximum absolute atomic E-state index is 13.6. The number of halogens is 1. The quantitative estimate of drug-likeness (QED) is 0.564. The Morgan fingerprint density at radius 3 is 1.97 bits per heavy atom. The summed E-state index contributed by atoms with van der Waals surface area (Å²) in [6.45, 7) is 7.95. The van der Waals surface area contributed by atoms with Gasteiger partial charge in [0, 0.05) is 22.5 Å². The van der Waals surface area contributed by atoms with Crippen molar-refractivity contribution in [3.63, 3.8) is 0 Å². The molecule has 2 N–H and O–H groups in total. The fourth-order valence-electron chi connectivity index (χ4n) is 3.78. The summed E-state index contributed by atoms with van der Waals surface area (Å²) in [5.41, 5.74) is 5.20. The van der Waals surface area contributed by atoms with Crippen molar-refractivity contribution in [1.29, 1.82) is 0 Å². The van der Waals surface area contributed by atoms with Crippen LogP contribution in [-0.2, 0) is 6.61 Å². The molecule has 0 spiro atoms. The predicted octanol–water partition coefficient (Wildman–Crippen LogP) is 5.71. The monoisotopic (exact) mass is 393 g/mol. The van der Waals surface area contributed by atoms with Gasteiger partial charge < -0.3 is 10.2 Å². The molecule has 1 unspecified atom stereocenters. The molecule has 0 aliphatic heterocycles. The average Bonchev–Trinajstić information content (AvgIpc) is 2.72. The van der Waals surface area contributed by atoms with E-state index in [2.05, 4.69) is 0 Å². The van der Waals surface area contributed by atoms with Gasteiger partial charge in [0.05, 0.1) is 6.61 Å². The highest BCUT2D eigenvalue weighted by atomic mass is 19.1. The zero-order valence-corrected chi connectivity index (χ0v) is 17.4. The lowest BCUT2D eigenvalue weighted by atomic mass is 9.83. The number of aliphatic hydroxyl groups is 2. The number of benzene rings is 2. The van der Waals surface area contributed by atoms with Crippen LogP contribution in [0, 0.1) is 5.82 Å². The first-order valence-corrected chi connectivity index (χ1v) is 10.0. The van der Waals surface area contributed by atoms with Crippen LogP contribution in [0.5, 0.6) is 0 Å². The Morgan fingerprint density at radius 2 is 1.45 bits per heavy atom. The van der Waals surface area contributed by atoms with Crippen molar-refractivity contribution < 1.29 is 14.6 Å². The zero-order valence-electron chi connectivity index (χ0n) is 17.4. The molecule has 152 valence electrons. The molecule has 2 aromatic carbocycles. The summed E-state index contributed by atoms with van der Waals surface area (Å²) in [5, 5.41) is 21.6. The second kappa shape index (κ2) is 8.85. The van der Waals surface area contributed by atoms with Crippen molar-refractivity contribution in [2.75, 3.05) is 0 Å². The highest BCUT2D eigenvalue weighted by Crippen LogP contribution is 2.41. The van der Waals surface area contributed by atoms with Crippen LogP contribution < -0.4 is 0 Å². The SMILES string of the molecule is CC(C)c1nc(C(C)C)c(C(O)c2ccccc2)c(-c2ccc(F)cc2)c1CO. The molecular weight excluding hydrogens is 365 g/mol. The Bertz CT molecular complexity index is 966. The van der Waals surface area contributed by atoms with Crippen molar-refractivity contribution in [1.82, 2.24) is 4.98 Å². The summed E-state index contributed by atoms with van der Waals surface area (Å²) in [4.78, 5) is 4.90. The largest absolute Gasteiger partial charge is 0.392 e. The molecule has 0 saturated carbocycles. The molecular formula is C25H28FNO2. The van der Waals surface area contributed by atoms with Crippen molar-refractivity contribution >= 4 is 0 Å². The Labute approximate surface area is 171 Å². The van der Waals surface area contributed by atoms with Crippen LogP contribution in [0.3, 0.4) is 0 Å². The lowest BCUT2D eigenvalue weighted by molar-refractivity contribution is 0.218. The minimum atomic E-state index is -0.910. The van der Waals surface area contributed by atoms with Gasteiger partial charge in [0.15, 0.2) is 0 Å².